The summed E-state index contributed by atoms with van der Waals surface area (Å²) in [5, 5.41) is 0.252. The van der Waals surface area contributed by atoms with Crippen LogP contribution in [0, 0.1) is 0 Å². The van der Waals surface area contributed by atoms with Crippen LogP contribution in [0.4, 0.5) is 5.82 Å². The van der Waals surface area contributed by atoms with Gasteiger partial charge in [-0.25, -0.2) is 13.4 Å². The van der Waals surface area contributed by atoms with Crippen molar-refractivity contribution < 1.29 is 17.9 Å². The predicted octanol–water partition coefficient (Wildman–Crippen LogP) is 3.22. The number of pyridine rings is 2. The van der Waals surface area contributed by atoms with Gasteiger partial charge < -0.3 is 15.2 Å². The van der Waals surface area contributed by atoms with Crippen molar-refractivity contribution in [2.75, 3.05) is 20.0 Å². The van der Waals surface area contributed by atoms with Crippen molar-refractivity contribution >= 4 is 32.9 Å². The molecule has 0 bridgehead atoms. The third kappa shape index (κ3) is 3.14. The number of hydrogen-bond donors (Lipinski definition) is 1. The summed E-state index contributed by atoms with van der Waals surface area (Å²) in [6, 6.07) is 3.18. The van der Waals surface area contributed by atoms with Crippen LogP contribution < -0.4 is 15.2 Å². The number of imidazole rings is 1. The number of hydrogen-bond acceptors (Lipinski definition) is 7. The van der Waals surface area contributed by atoms with Crippen molar-refractivity contribution in [2.45, 2.75) is 30.4 Å². The molecule has 8 nitrogen and oxygen atoms in total. The molecule has 0 amide bonds. The Morgan fingerprint density at radius 1 is 1.18 bits per heavy atom. The Labute approximate surface area is 168 Å². The number of halogens is 1. The highest BCUT2D eigenvalue weighted by Crippen LogP contribution is 2.37. The summed E-state index contributed by atoms with van der Waals surface area (Å²) < 4.78 is 37.4. The molecule has 0 aliphatic carbocycles. The number of nitrogens with zero attached hydrogens (tertiary/aromatic N) is 3. The normalized spacial score (nSPS) is 12.4. The van der Waals surface area contributed by atoms with Crippen molar-refractivity contribution in [1.29, 1.82) is 0 Å². The molecular formula is C18H21ClN4O4S. The van der Waals surface area contributed by atoms with E-state index in [1.54, 1.807) is 43.5 Å². The predicted molar refractivity (Wildman–Crippen MR) is 108 cm³/mol. The van der Waals surface area contributed by atoms with E-state index in [1.807, 2.05) is 0 Å². The Balaban J connectivity index is 2.35. The zero-order chi connectivity index (χ0) is 20.9. The number of methoxy groups -OCH3 is 2. The minimum atomic E-state index is -3.68. The van der Waals surface area contributed by atoms with Gasteiger partial charge in [-0.1, -0.05) is 11.6 Å². The number of ether oxygens (including phenoxy) is 2. The summed E-state index contributed by atoms with van der Waals surface area (Å²) in [6.45, 7) is 4.90. The largest absolute Gasteiger partial charge is 0.495 e. The van der Waals surface area contributed by atoms with Gasteiger partial charge in [-0.05, 0) is 26.8 Å². The maximum Gasteiger partial charge on any atom is 0.224 e. The Morgan fingerprint density at radius 2 is 1.86 bits per heavy atom. The number of sulfone groups is 1. The first-order valence-corrected chi connectivity index (χ1v) is 10.2. The van der Waals surface area contributed by atoms with Crippen LogP contribution in [0.1, 0.15) is 20.8 Å². The van der Waals surface area contributed by atoms with E-state index >= 15 is 0 Å². The van der Waals surface area contributed by atoms with Crippen molar-refractivity contribution in [3.05, 3.63) is 29.5 Å². The molecule has 150 valence electrons. The van der Waals surface area contributed by atoms with Gasteiger partial charge in [0.25, 0.3) is 0 Å². The number of nitrogens with two attached hydrogens (primary N) is 1. The minimum absolute atomic E-state index is 0.0581. The van der Waals surface area contributed by atoms with Crippen LogP contribution in [0.2, 0.25) is 5.02 Å². The van der Waals surface area contributed by atoms with Gasteiger partial charge in [0.05, 0.1) is 41.4 Å². The number of aromatic nitrogens is 3. The second-order valence-electron chi connectivity index (χ2n) is 7.11. The van der Waals surface area contributed by atoms with Crippen LogP contribution in [-0.4, -0.2) is 41.8 Å². The summed E-state index contributed by atoms with van der Waals surface area (Å²) >= 11 is 6.13. The van der Waals surface area contributed by atoms with Gasteiger partial charge in [0.15, 0.2) is 9.84 Å². The first kappa shape index (κ1) is 20.2. The molecule has 3 heterocycles. The van der Waals surface area contributed by atoms with Crippen LogP contribution in [0.25, 0.3) is 16.9 Å². The third-order valence-corrected chi connectivity index (χ3v) is 7.13. The molecule has 3 rings (SSSR count). The lowest BCUT2D eigenvalue weighted by Crippen LogP contribution is -2.28. The highest BCUT2D eigenvalue weighted by molar-refractivity contribution is 7.92. The number of rotatable bonds is 4. The Bertz CT molecular complexity index is 1170. The van der Waals surface area contributed by atoms with E-state index in [4.69, 9.17) is 26.8 Å². The average Bonchev–Trinajstić information content (AvgIpc) is 3.04. The highest BCUT2D eigenvalue weighted by Gasteiger charge is 2.34. The van der Waals surface area contributed by atoms with Crippen molar-refractivity contribution in [3.63, 3.8) is 0 Å². The topological polar surface area (TPSA) is 109 Å². The van der Waals surface area contributed by atoms with Gasteiger partial charge in [0.2, 0.25) is 5.88 Å². The van der Waals surface area contributed by atoms with Gasteiger partial charge in [-0.2, -0.15) is 4.98 Å². The van der Waals surface area contributed by atoms with E-state index in [2.05, 4.69) is 9.97 Å². The van der Waals surface area contributed by atoms with Crippen molar-refractivity contribution in [2.24, 2.45) is 0 Å². The summed E-state index contributed by atoms with van der Waals surface area (Å²) in [4.78, 5) is 8.54. The molecule has 28 heavy (non-hydrogen) atoms. The molecule has 0 spiro atoms. The lowest BCUT2D eigenvalue weighted by molar-refractivity contribution is 0.400. The smallest absolute Gasteiger partial charge is 0.224 e. The zero-order valence-corrected chi connectivity index (χ0v) is 17.7. The Morgan fingerprint density at radius 3 is 2.43 bits per heavy atom. The van der Waals surface area contributed by atoms with E-state index in [1.165, 1.54) is 20.4 Å². The van der Waals surface area contributed by atoms with Crippen LogP contribution in [0.3, 0.4) is 0 Å². The van der Waals surface area contributed by atoms with Crippen LogP contribution in [0.15, 0.2) is 29.4 Å². The quantitative estimate of drug-likeness (QED) is 0.684. The summed E-state index contributed by atoms with van der Waals surface area (Å²) in [6.07, 6.45) is 3.06. The van der Waals surface area contributed by atoms with Gasteiger partial charge >= 0.3 is 0 Å². The number of anilines is 1. The lowest BCUT2D eigenvalue weighted by Gasteiger charge is -2.21. The summed E-state index contributed by atoms with van der Waals surface area (Å²) in [5.74, 6) is 0.605. The molecule has 0 aromatic carbocycles. The fourth-order valence-corrected chi connectivity index (χ4v) is 4.16. The first-order valence-electron chi connectivity index (χ1n) is 8.31. The summed E-state index contributed by atoms with van der Waals surface area (Å²) in [5.41, 5.74) is 7.33. The van der Waals surface area contributed by atoms with Crippen molar-refractivity contribution in [3.8, 4) is 22.9 Å². The van der Waals surface area contributed by atoms with Gasteiger partial charge in [-0.3, -0.25) is 4.40 Å². The molecule has 0 unspecified atom stereocenters. The van der Waals surface area contributed by atoms with E-state index in [0.717, 1.165) is 0 Å². The molecular weight excluding hydrogens is 404 g/mol. The third-order valence-electron chi connectivity index (χ3n) is 4.33. The summed E-state index contributed by atoms with van der Waals surface area (Å²) in [7, 11) is -0.805. The Kier molecular flexibility index (Phi) is 4.93. The second kappa shape index (κ2) is 6.82. The standard InChI is InChI=1S/C18H21ClN4O4S/c1-18(2,3)28(24,25)14-9-23-12(8-21-15(23)7-13(14)26-4)10-6-11(19)16(20)22-17(10)27-5/h6-9H,1-5H3,(H2,20,22). The van der Waals surface area contributed by atoms with E-state index < -0.39 is 14.6 Å². The molecule has 2 N–H and O–H groups in total. The molecule has 0 fully saturated rings. The van der Waals surface area contributed by atoms with Gasteiger partial charge in [-0.15, -0.1) is 0 Å². The van der Waals surface area contributed by atoms with Crippen LogP contribution in [-0.2, 0) is 9.84 Å². The van der Waals surface area contributed by atoms with Crippen LogP contribution in [0.5, 0.6) is 11.6 Å². The van der Waals surface area contributed by atoms with E-state index in [0.29, 0.717) is 16.9 Å². The SMILES string of the molecule is COc1cc2ncc(-c3cc(Cl)c(N)nc3OC)n2cc1S(=O)(=O)C(C)(C)C. The van der Waals surface area contributed by atoms with E-state index in [-0.39, 0.29) is 27.4 Å². The first-order chi connectivity index (χ1) is 13.0. The molecule has 10 heteroatoms. The Hall–Kier alpha value is -2.52. The van der Waals surface area contributed by atoms with Gasteiger partial charge in [0, 0.05) is 12.3 Å². The number of fused-ring (bicyclic) bond motifs is 1. The molecule has 0 saturated carbocycles. The molecule has 3 aromatic heterocycles. The second-order valence-corrected chi connectivity index (χ2v) is 10.2. The van der Waals surface area contributed by atoms with Crippen molar-refractivity contribution in [1.82, 2.24) is 14.4 Å². The molecule has 0 saturated heterocycles. The minimum Gasteiger partial charge on any atom is -0.495 e. The number of nitrogen functional groups attached to an aromatic ring is 1. The van der Waals surface area contributed by atoms with Crippen LogP contribution >= 0.6 is 11.6 Å². The molecule has 0 aliphatic heterocycles. The molecule has 0 atom stereocenters. The highest BCUT2D eigenvalue weighted by atomic mass is 35.5. The maximum atomic E-state index is 13.1. The maximum absolute atomic E-state index is 13.1. The van der Waals surface area contributed by atoms with Gasteiger partial charge in [0.1, 0.15) is 22.1 Å². The molecule has 3 aromatic rings. The van der Waals surface area contributed by atoms with E-state index in [9.17, 15) is 8.42 Å². The fourth-order valence-electron chi connectivity index (χ4n) is 2.70. The average molecular weight is 425 g/mol. The molecule has 0 aliphatic rings. The fraction of sp³-hybridized carbons (Fsp3) is 0.333. The lowest BCUT2D eigenvalue weighted by atomic mass is 10.2. The molecule has 0 radical (unpaired) electrons. The monoisotopic (exact) mass is 424 g/mol. The zero-order valence-electron chi connectivity index (χ0n) is 16.1.